The molecule has 0 aliphatic carbocycles. The standard InChI is InChI=1S/C5H2N4O/c6-1-3-4(2-7)9-5(10)8-3/h(H2,8,9,10). The molecule has 0 saturated heterocycles. The van der Waals surface area contributed by atoms with Crippen LogP contribution in [0.1, 0.15) is 11.4 Å². The van der Waals surface area contributed by atoms with Gasteiger partial charge in [0.15, 0.2) is 11.4 Å². The van der Waals surface area contributed by atoms with Crippen molar-refractivity contribution in [1.82, 2.24) is 9.97 Å². The van der Waals surface area contributed by atoms with Crippen LogP contribution in [0, 0.1) is 22.7 Å². The van der Waals surface area contributed by atoms with E-state index in [0.29, 0.717) is 0 Å². The lowest BCUT2D eigenvalue weighted by molar-refractivity contribution is 1.17. The molecular formula is C5H2N4O. The van der Waals surface area contributed by atoms with Crippen molar-refractivity contribution in [3.63, 3.8) is 0 Å². The molecule has 0 spiro atoms. The van der Waals surface area contributed by atoms with Gasteiger partial charge in [0.05, 0.1) is 0 Å². The first kappa shape index (κ1) is 6.12. The summed E-state index contributed by atoms with van der Waals surface area (Å²) >= 11 is 0. The summed E-state index contributed by atoms with van der Waals surface area (Å²) < 4.78 is 0. The second kappa shape index (κ2) is 2.08. The van der Waals surface area contributed by atoms with E-state index < -0.39 is 5.69 Å². The van der Waals surface area contributed by atoms with Gasteiger partial charge in [0.1, 0.15) is 12.1 Å². The molecular weight excluding hydrogens is 132 g/mol. The van der Waals surface area contributed by atoms with Crippen molar-refractivity contribution in [2.45, 2.75) is 0 Å². The number of aromatic nitrogens is 2. The van der Waals surface area contributed by atoms with Gasteiger partial charge in [0.25, 0.3) is 0 Å². The molecule has 1 heterocycles. The second-order valence-electron chi connectivity index (χ2n) is 1.55. The second-order valence-corrected chi connectivity index (χ2v) is 1.55. The summed E-state index contributed by atoms with van der Waals surface area (Å²) in [5.41, 5.74) is -0.576. The van der Waals surface area contributed by atoms with Crippen LogP contribution in [0.3, 0.4) is 0 Å². The van der Waals surface area contributed by atoms with Crippen LogP contribution in [-0.4, -0.2) is 9.97 Å². The molecule has 5 heteroatoms. The summed E-state index contributed by atoms with van der Waals surface area (Å²) in [5.74, 6) is 0. The molecule has 0 aliphatic rings. The monoisotopic (exact) mass is 134 g/mol. The van der Waals surface area contributed by atoms with Crippen LogP contribution < -0.4 is 5.69 Å². The average molecular weight is 134 g/mol. The number of hydrogen-bond acceptors (Lipinski definition) is 3. The Morgan fingerprint density at radius 2 is 1.50 bits per heavy atom. The third-order valence-corrected chi connectivity index (χ3v) is 0.951. The summed E-state index contributed by atoms with van der Waals surface area (Å²) in [4.78, 5) is 14.7. The largest absolute Gasteiger partial charge is 0.324 e. The average Bonchev–Trinajstić information content (AvgIpc) is 2.30. The molecule has 1 rings (SSSR count). The minimum atomic E-state index is -0.534. The molecule has 48 valence electrons. The topological polar surface area (TPSA) is 96.2 Å². The van der Waals surface area contributed by atoms with Crippen LogP contribution in [0.5, 0.6) is 0 Å². The van der Waals surface area contributed by atoms with E-state index in [1.165, 1.54) is 0 Å². The smallest absolute Gasteiger partial charge is 0.296 e. The highest BCUT2D eigenvalue weighted by Crippen LogP contribution is 1.92. The SMILES string of the molecule is N#Cc1[nH]c(=O)[nH]c1C#N. The van der Waals surface area contributed by atoms with Crippen LogP contribution in [-0.2, 0) is 0 Å². The molecule has 0 atom stereocenters. The Balaban J connectivity index is 3.43. The maximum Gasteiger partial charge on any atom is 0.324 e. The molecule has 0 fully saturated rings. The molecule has 0 aliphatic heterocycles. The zero-order chi connectivity index (χ0) is 7.56. The zero-order valence-corrected chi connectivity index (χ0v) is 4.80. The zero-order valence-electron chi connectivity index (χ0n) is 4.80. The number of aromatic amines is 2. The van der Waals surface area contributed by atoms with E-state index in [0.717, 1.165) is 0 Å². The van der Waals surface area contributed by atoms with Gasteiger partial charge in [-0.2, -0.15) is 10.5 Å². The minimum absolute atomic E-state index is 0.0208. The Bertz CT molecular complexity index is 337. The fourth-order valence-electron chi connectivity index (χ4n) is 0.551. The number of hydrogen-bond donors (Lipinski definition) is 2. The van der Waals surface area contributed by atoms with E-state index in [-0.39, 0.29) is 11.4 Å². The van der Waals surface area contributed by atoms with Crippen molar-refractivity contribution in [3.05, 3.63) is 21.9 Å². The highest BCUT2D eigenvalue weighted by molar-refractivity contribution is 5.34. The van der Waals surface area contributed by atoms with Crippen molar-refractivity contribution < 1.29 is 0 Å². The fourth-order valence-corrected chi connectivity index (χ4v) is 0.551. The first-order valence-electron chi connectivity index (χ1n) is 2.40. The van der Waals surface area contributed by atoms with Crippen molar-refractivity contribution in [2.24, 2.45) is 0 Å². The molecule has 0 aromatic carbocycles. The van der Waals surface area contributed by atoms with Crippen molar-refractivity contribution >= 4 is 0 Å². The Morgan fingerprint density at radius 3 is 1.80 bits per heavy atom. The van der Waals surface area contributed by atoms with Gasteiger partial charge in [0.2, 0.25) is 0 Å². The lowest BCUT2D eigenvalue weighted by Crippen LogP contribution is -2.00. The first-order valence-corrected chi connectivity index (χ1v) is 2.40. The fraction of sp³-hybridized carbons (Fsp3) is 0. The van der Waals surface area contributed by atoms with E-state index in [1.807, 2.05) is 0 Å². The summed E-state index contributed by atoms with van der Waals surface area (Å²) in [6, 6.07) is 3.32. The third-order valence-electron chi connectivity index (χ3n) is 0.951. The third kappa shape index (κ3) is 0.762. The number of H-pyrrole nitrogens is 2. The van der Waals surface area contributed by atoms with E-state index >= 15 is 0 Å². The number of imidazole rings is 1. The predicted octanol–water partition coefficient (Wildman–Crippen LogP) is -0.554. The Morgan fingerprint density at radius 1 is 1.10 bits per heavy atom. The van der Waals surface area contributed by atoms with Crippen LogP contribution in [0.2, 0.25) is 0 Å². The lowest BCUT2D eigenvalue weighted by Gasteiger charge is -1.73. The van der Waals surface area contributed by atoms with E-state index in [2.05, 4.69) is 9.97 Å². The van der Waals surface area contributed by atoms with Crippen LogP contribution in [0.4, 0.5) is 0 Å². The van der Waals surface area contributed by atoms with Crippen LogP contribution in [0.25, 0.3) is 0 Å². The molecule has 0 amide bonds. The molecule has 0 bridgehead atoms. The van der Waals surface area contributed by atoms with Crippen LogP contribution in [0.15, 0.2) is 4.79 Å². The molecule has 1 aromatic rings. The predicted molar refractivity (Wildman–Crippen MR) is 30.8 cm³/mol. The highest BCUT2D eigenvalue weighted by atomic mass is 16.1. The number of nitrogens with one attached hydrogen (secondary N) is 2. The maximum atomic E-state index is 10.4. The van der Waals surface area contributed by atoms with Gasteiger partial charge in [-0.1, -0.05) is 0 Å². The maximum absolute atomic E-state index is 10.4. The Labute approximate surface area is 55.5 Å². The number of nitrogens with zero attached hydrogens (tertiary/aromatic N) is 2. The number of nitriles is 2. The Kier molecular flexibility index (Phi) is 1.27. The van der Waals surface area contributed by atoms with Gasteiger partial charge in [-0.15, -0.1) is 0 Å². The van der Waals surface area contributed by atoms with Gasteiger partial charge < -0.3 is 0 Å². The molecule has 0 unspecified atom stereocenters. The van der Waals surface area contributed by atoms with Gasteiger partial charge in [-0.25, -0.2) is 4.79 Å². The quantitative estimate of drug-likeness (QED) is 0.498. The first-order chi connectivity index (χ1) is 4.77. The summed E-state index contributed by atoms with van der Waals surface area (Å²) in [6.07, 6.45) is 0. The molecule has 0 saturated carbocycles. The molecule has 1 aromatic heterocycles. The molecule has 0 radical (unpaired) electrons. The lowest BCUT2D eigenvalue weighted by atomic mass is 10.4. The van der Waals surface area contributed by atoms with Gasteiger partial charge in [-0.05, 0) is 0 Å². The van der Waals surface area contributed by atoms with E-state index in [1.54, 1.807) is 12.1 Å². The Hall–Kier alpha value is -2.01. The summed E-state index contributed by atoms with van der Waals surface area (Å²) in [5, 5.41) is 16.5. The molecule has 2 N–H and O–H groups in total. The minimum Gasteiger partial charge on any atom is -0.296 e. The normalized spacial score (nSPS) is 8.20. The van der Waals surface area contributed by atoms with E-state index in [9.17, 15) is 4.79 Å². The van der Waals surface area contributed by atoms with Crippen molar-refractivity contribution in [2.75, 3.05) is 0 Å². The van der Waals surface area contributed by atoms with Crippen LogP contribution >= 0.6 is 0 Å². The summed E-state index contributed by atoms with van der Waals surface area (Å²) in [6.45, 7) is 0. The van der Waals surface area contributed by atoms with Crippen molar-refractivity contribution in [3.8, 4) is 12.1 Å². The van der Waals surface area contributed by atoms with Gasteiger partial charge in [-0.3, -0.25) is 9.97 Å². The van der Waals surface area contributed by atoms with Gasteiger partial charge in [0, 0.05) is 0 Å². The van der Waals surface area contributed by atoms with Gasteiger partial charge >= 0.3 is 5.69 Å². The summed E-state index contributed by atoms with van der Waals surface area (Å²) in [7, 11) is 0. The molecule has 10 heavy (non-hydrogen) atoms. The van der Waals surface area contributed by atoms with Crippen molar-refractivity contribution in [1.29, 1.82) is 10.5 Å². The highest BCUT2D eigenvalue weighted by Gasteiger charge is 2.02. The number of rotatable bonds is 0. The molecule has 5 nitrogen and oxygen atoms in total. The van der Waals surface area contributed by atoms with E-state index in [4.69, 9.17) is 10.5 Å².